The maximum Gasteiger partial charge on any atom is 0.115 e. The SMILES string of the molecule is CC(c1ccc(O)cc1)(c1ccc(O)cc1)c1ccc(O)cc1.CC(c1ccc(O)cc1)(c1ccc(O)cc1)c1ccc(O)cc1.c1cc(CCc2ccncc2)ccn1. The van der Waals surface area contributed by atoms with Crippen molar-refractivity contribution in [3.8, 4) is 34.5 Å². The van der Waals surface area contributed by atoms with Crippen molar-refractivity contribution < 1.29 is 30.6 Å². The average molecular weight is 797 g/mol. The Kier molecular flexibility index (Phi) is 13.5. The second kappa shape index (κ2) is 19.2. The molecule has 8 aromatic rings. The zero-order chi connectivity index (χ0) is 42.5. The van der Waals surface area contributed by atoms with Gasteiger partial charge in [-0.2, -0.15) is 0 Å². The summed E-state index contributed by atoms with van der Waals surface area (Å²) in [5.41, 5.74) is 7.74. The molecule has 0 atom stereocenters. The molecule has 0 aliphatic heterocycles. The molecule has 302 valence electrons. The molecule has 0 unspecified atom stereocenters. The van der Waals surface area contributed by atoms with Crippen LogP contribution in [0.25, 0.3) is 0 Å². The Balaban J connectivity index is 0.000000156. The lowest BCUT2D eigenvalue weighted by Gasteiger charge is -2.32. The van der Waals surface area contributed by atoms with Crippen LogP contribution in [-0.2, 0) is 23.7 Å². The second-order valence-corrected chi connectivity index (χ2v) is 14.7. The minimum atomic E-state index is -0.477. The summed E-state index contributed by atoms with van der Waals surface area (Å²) in [4.78, 5) is 7.98. The van der Waals surface area contributed by atoms with E-state index < -0.39 is 10.8 Å². The Labute approximate surface area is 350 Å². The van der Waals surface area contributed by atoms with E-state index in [9.17, 15) is 30.6 Å². The van der Waals surface area contributed by atoms with Gasteiger partial charge in [0.05, 0.1) is 0 Å². The summed E-state index contributed by atoms with van der Waals surface area (Å²) in [5.74, 6) is 1.29. The van der Waals surface area contributed by atoms with Crippen LogP contribution in [0.3, 0.4) is 0 Å². The van der Waals surface area contributed by atoms with Crippen LogP contribution < -0.4 is 0 Å². The molecule has 0 radical (unpaired) electrons. The third-order valence-electron chi connectivity index (χ3n) is 10.9. The molecule has 0 amide bonds. The van der Waals surface area contributed by atoms with Gasteiger partial charge in [-0.3, -0.25) is 9.97 Å². The fourth-order valence-corrected chi connectivity index (χ4v) is 7.16. The van der Waals surface area contributed by atoms with Crippen molar-refractivity contribution in [2.75, 3.05) is 0 Å². The number of phenols is 6. The van der Waals surface area contributed by atoms with Gasteiger partial charge in [0.2, 0.25) is 0 Å². The standard InChI is InChI=1S/2C20H18O3.C12H12N2/c2*1-20(14-2-8-17(21)9-3-14,15-4-10-18(22)11-5-15)16-6-12-19(23)13-7-16;1(11-3-7-13-8-4-11)2-12-5-9-14-10-6-12/h2*2-13,21-23H,1H3;3-10H,1-2H2. The first-order chi connectivity index (χ1) is 28.9. The lowest BCUT2D eigenvalue weighted by molar-refractivity contribution is 0.472. The molecule has 6 aromatic carbocycles. The van der Waals surface area contributed by atoms with Gasteiger partial charge in [0.15, 0.2) is 0 Å². The Morgan fingerprint density at radius 2 is 0.450 bits per heavy atom. The molecule has 6 N–H and O–H groups in total. The van der Waals surface area contributed by atoms with Crippen molar-refractivity contribution in [1.82, 2.24) is 9.97 Å². The molecule has 0 saturated heterocycles. The number of nitrogens with zero attached hydrogens (tertiary/aromatic N) is 2. The van der Waals surface area contributed by atoms with E-state index in [-0.39, 0.29) is 34.5 Å². The lowest BCUT2D eigenvalue weighted by Crippen LogP contribution is -2.25. The van der Waals surface area contributed by atoms with E-state index >= 15 is 0 Å². The first-order valence-corrected chi connectivity index (χ1v) is 19.5. The van der Waals surface area contributed by atoms with Gasteiger partial charge in [0.1, 0.15) is 34.5 Å². The van der Waals surface area contributed by atoms with Gasteiger partial charge in [-0.1, -0.05) is 72.8 Å². The smallest absolute Gasteiger partial charge is 0.115 e. The number of pyridine rings is 2. The van der Waals surface area contributed by atoms with Crippen LogP contribution in [0.1, 0.15) is 58.4 Å². The molecule has 2 heterocycles. The highest BCUT2D eigenvalue weighted by Gasteiger charge is 2.32. The van der Waals surface area contributed by atoms with Gasteiger partial charge in [0, 0.05) is 35.6 Å². The predicted molar refractivity (Wildman–Crippen MR) is 236 cm³/mol. The van der Waals surface area contributed by atoms with Crippen molar-refractivity contribution in [3.05, 3.63) is 239 Å². The summed E-state index contributed by atoms with van der Waals surface area (Å²) < 4.78 is 0. The van der Waals surface area contributed by atoms with Gasteiger partial charge in [0.25, 0.3) is 0 Å². The fraction of sp³-hybridized carbons (Fsp3) is 0.115. The molecule has 0 aliphatic carbocycles. The first-order valence-electron chi connectivity index (χ1n) is 19.5. The lowest BCUT2D eigenvalue weighted by atomic mass is 9.71. The number of rotatable bonds is 9. The van der Waals surface area contributed by atoms with Gasteiger partial charge in [-0.15, -0.1) is 0 Å². The quantitative estimate of drug-likeness (QED) is 0.0792. The van der Waals surface area contributed by atoms with Gasteiger partial charge in [-0.05, 0) is 168 Å². The van der Waals surface area contributed by atoms with E-state index in [0.717, 1.165) is 46.2 Å². The zero-order valence-electron chi connectivity index (χ0n) is 33.5. The third-order valence-corrected chi connectivity index (χ3v) is 10.9. The molecule has 0 saturated carbocycles. The highest BCUT2D eigenvalue weighted by atomic mass is 16.3. The maximum absolute atomic E-state index is 9.57. The first kappa shape index (κ1) is 42.0. The van der Waals surface area contributed by atoms with E-state index in [0.29, 0.717) is 0 Å². The van der Waals surface area contributed by atoms with E-state index in [1.54, 1.807) is 72.8 Å². The molecule has 8 rings (SSSR count). The third kappa shape index (κ3) is 10.3. The van der Waals surface area contributed by atoms with Crippen molar-refractivity contribution in [2.45, 2.75) is 37.5 Å². The molecule has 8 nitrogen and oxygen atoms in total. The molecule has 8 heteroatoms. The number of aromatic nitrogens is 2. The summed E-state index contributed by atoms with van der Waals surface area (Å²) in [7, 11) is 0. The molecular formula is C52H48N2O6. The van der Waals surface area contributed by atoms with Crippen LogP contribution in [0.2, 0.25) is 0 Å². The van der Waals surface area contributed by atoms with Crippen LogP contribution in [0.15, 0.2) is 195 Å². The second-order valence-electron chi connectivity index (χ2n) is 14.7. The zero-order valence-corrected chi connectivity index (χ0v) is 33.5. The van der Waals surface area contributed by atoms with E-state index in [2.05, 4.69) is 48.1 Å². The minimum Gasteiger partial charge on any atom is -0.508 e. The monoisotopic (exact) mass is 796 g/mol. The van der Waals surface area contributed by atoms with Crippen LogP contribution in [-0.4, -0.2) is 40.6 Å². The Morgan fingerprint density at radius 3 is 0.617 bits per heavy atom. The van der Waals surface area contributed by atoms with Crippen molar-refractivity contribution in [3.63, 3.8) is 0 Å². The Bertz CT molecular complexity index is 2110. The molecular weight excluding hydrogens is 749 g/mol. The fourth-order valence-electron chi connectivity index (χ4n) is 7.16. The van der Waals surface area contributed by atoms with Crippen LogP contribution in [0.5, 0.6) is 34.5 Å². The number of hydrogen-bond acceptors (Lipinski definition) is 8. The molecule has 0 aliphatic rings. The van der Waals surface area contributed by atoms with Crippen molar-refractivity contribution >= 4 is 0 Å². The summed E-state index contributed by atoms with van der Waals surface area (Å²) in [5, 5.41) is 57.4. The van der Waals surface area contributed by atoms with E-state index in [4.69, 9.17) is 0 Å². The van der Waals surface area contributed by atoms with E-state index in [1.165, 1.54) is 11.1 Å². The number of benzene rings is 6. The summed E-state index contributed by atoms with van der Waals surface area (Å²) >= 11 is 0. The summed E-state index contributed by atoms with van der Waals surface area (Å²) in [6, 6.07) is 50.8. The normalized spacial score (nSPS) is 11.0. The number of phenolic OH excluding ortho intramolecular Hbond substituents is 6. The summed E-state index contributed by atoms with van der Waals surface area (Å²) in [6.45, 7) is 4.16. The number of aromatic hydroxyl groups is 6. The van der Waals surface area contributed by atoms with Gasteiger partial charge >= 0.3 is 0 Å². The van der Waals surface area contributed by atoms with Crippen LogP contribution in [0, 0.1) is 0 Å². The van der Waals surface area contributed by atoms with Crippen LogP contribution in [0.4, 0.5) is 0 Å². The summed E-state index contributed by atoms with van der Waals surface area (Å²) in [6.07, 6.45) is 9.46. The highest BCUT2D eigenvalue weighted by molar-refractivity contribution is 5.53. The number of hydrogen-bond donors (Lipinski definition) is 6. The Morgan fingerprint density at radius 1 is 0.283 bits per heavy atom. The minimum absolute atomic E-state index is 0.215. The maximum atomic E-state index is 9.57. The number of aryl methyl sites for hydroxylation is 2. The molecule has 0 fully saturated rings. The molecule has 0 spiro atoms. The van der Waals surface area contributed by atoms with E-state index in [1.807, 2.05) is 97.6 Å². The van der Waals surface area contributed by atoms with Crippen molar-refractivity contribution in [2.24, 2.45) is 0 Å². The van der Waals surface area contributed by atoms with Crippen molar-refractivity contribution in [1.29, 1.82) is 0 Å². The predicted octanol–water partition coefficient (Wildman–Crippen LogP) is 10.6. The van der Waals surface area contributed by atoms with Gasteiger partial charge < -0.3 is 30.6 Å². The van der Waals surface area contributed by atoms with Gasteiger partial charge in [-0.25, -0.2) is 0 Å². The molecule has 2 aromatic heterocycles. The van der Waals surface area contributed by atoms with Crippen LogP contribution >= 0.6 is 0 Å². The Hall–Kier alpha value is -7.58. The highest BCUT2D eigenvalue weighted by Crippen LogP contribution is 2.41. The topological polar surface area (TPSA) is 147 Å². The largest absolute Gasteiger partial charge is 0.508 e. The molecule has 0 bridgehead atoms. The molecule has 60 heavy (non-hydrogen) atoms. The average Bonchev–Trinajstić information content (AvgIpc) is 3.28.